The van der Waals surface area contributed by atoms with Gasteiger partial charge in [0.2, 0.25) is 10.0 Å². The Morgan fingerprint density at radius 1 is 1.12 bits per heavy atom. The molecule has 12 heteroatoms. The lowest BCUT2D eigenvalue weighted by molar-refractivity contribution is -0.146. The molecule has 1 aromatic heterocycles. The molecule has 4 rings (SSSR count). The normalized spacial score (nSPS) is 14.6. The number of benzene rings is 2. The second-order valence-electron chi connectivity index (χ2n) is 9.36. The number of piperidine rings is 1. The van der Waals surface area contributed by atoms with E-state index in [1.54, 1.807) is 4.31 Å². The SMILES string of the molecule is CCCOC(=O)COc1c(C(=O)O)sc(-c2cccc(NC3CCN(S(=O)(=O)Cc4ccccc4)CC3)c2)c1Cl. The molecule has 2 aromatic carbocycles. The molecule has 0 amide bonds. The number of hydrogen-bond acceptors (Lipinski definition) is 8. The zero-order chi connectivity index (χ0) is 28.7. The fraction of sp³-hybridized carbons (Fsp3) is 0.357. The summed E-state index contributed by atoms with van der Waals surface area (Å²) >= 11 is 7.51. The van der Waals surface area contributed by atoms with Crippen molar-refractivity contribution >= 4 is 50.6 Å². The Morgan fingerprint density at radius 2 is 1.85 bits per heavy atom. The lowest BCUT2D eigenvalue weighted by atomic mass is 10.1. The molecule has 0 bridgehead atoms. The van der Waals surface area contributed by atoms with E-state index in [1.807, 2.05) is 61.5 Å². The maximum absolute atomic E-state index is 12.9. The number of sulfonamides is 1. The zero-order valence-corrected chi connectivity index (χ0v) is 24.4. The van der Waals surface area contributed by atoms with Crippen molar-refractivity contribution in [3.05, 3.63) is 70.1 Å². The summed E-state index contributed by atoms with van der Waals surface area (Å²) in [4.78, 5) is 24.1. The Kier molecular flexibility index (Phi) is 10.1. The van der Waals surface area contributed by atoms with Crippen molar-refractivity contribution in [2.45, 2.75) is 38.0 Å². The quantitative estimate of drug-likeness (QED) is 0.259. The van der Waals surface area contributed by atoms with Crippen LogP contribution in [0, 0.1) is 0 Å². The molecule has 3 aromatic rings. The van der Waals surface area contributed by atoms with Crippen molar-refractivity contribution in [2.24, 2.45) is 0 Å². The first-order valence-electron chi connectivity index (χ1n) is 12.9. The summed E-state index contributed by atoms with van der Waals surface area (Å²) in [6.07, 6.45) is 1.95. The third kappa shape index (κ3) is 7.54. The van der Waals surface area contributed by atoms with Crippen LogP contribution in [-0.2, 0) is 25.3 Å². The molecule has 1 aliphatic heterocycles. The fourth-order valence-corrected chi connectivity index (χ4v) is 7.35. The molecule has 0 aliphatic carbocycles. The van der Waals surface area contributed by atoms with Crippen molar-refractivity contribution in [3.8, 4) is 16.2 Å². The summed E-state index contributed by atoms with van der Waals surface area (Å²) in [7, 11) is -3.40. The van der Waals surface area contributed by atoms with Gasteiger partial charge in [0.1, 0.15) is 5.02 Å². The van der Waals surface area contributed by atoms with Crippen LogP contribution in [0.25, 0.3) is 10.4 Å². The molecule has 214 valence electrons. The van der Waals surface area contributed by atoms with E-state index in [0.717, 1.165) is 22.6 Å². The Balaban J connectivity index is 1.41. The summed E-state index contributed by atoms with van der Waals surface area (Å²) in [5, 5.41) is 13.3. The van der Waals surface area contributed by atoms with Crippen LogP contribution < -0.4 is 10.1 Å². The second-order valence-corrected chi connectivity index (χ2v) is 12.7. The number of halogens is 1. The molecule has 0 saturated carbocycles. The first-order valence-corrected chi connectivity index (χ1v) is 15.7. The molecule has 1 fully saturated rings. The predicted molar refractivity (Wildman–Crippen MR) is 156 cm³/mol. The Labute approximate surface area is 242 Å². The van der Waals surface area contributed by atoms with Crippen molar-refractivity contribution < 1.29 is 32.6 Å². The number of esters is 1. The molecule has 1 saturated heterocycles. The molecular weight excluding hydrogens is 576 g/mol. The van der Waals surface area contributed by atoms with E-state index in [1.165, 1.54) is 0 Å². The second kappa shape index (κ2) is 13.5. The number of carboxylic acid groups (broad SMARTS) is 1. The van der Waals surface area contributed by atoms with Crippen LogP contribution in [0.2, 0.25) is 5.02 Å². The summed E-state index contributed by atoms with van der Waals surface area (Å²) in [5.74, 6) is -1.89. The number of hydrogen-bond donors (Lipinski definition) is 2. The van der Waals surface area contributed by atoms with Gasteiger partial charge in [0.05, 0.1) is 17.2 Å². The average molecular weight is 607 g/mol. The van der Waals surface area contributed by atoms with Gasteiger partial charge in [-0.05, 0) is 42.5 Å². The molecule has 9 nitrogen and oxygen atoms in total. The number of rotatable bonds is 12. The number of carboxylic acids is 1. The standard InChI is InChI=1S/C28H31ClN2O7S2/c1-2-15-37-23(32)17-38-25-24(29)26(39-27(25)28(33)34)20-9-6-10-22(16-20)30-21-11-13-31(14-12-21)40(35,36)18-19-7-4-3-5-8-19/h3-10,16,21,30H,2,11-15,17-18H2,1H3,(H,33,34). The highest BCUT2D eigenvalue weighted by Crippen LogP contribution is 2.46. The van der Waals surface area contributed by atoms with Gasteiger partial charge in [-0.25, -0.2) is 22.3 Å². The Morgan fingerprint density at radius 3 is 2.52 bits per heavy atom. The van der Waals surface area contributed by atoms with Crippen LogP contribution in [0.1, 0.15) is 41.4 Å². The topological polar surface area (TPSA) is 122 Å². The lowest BCUT2D eigenvalue weighted by Crippen LogP contribution is -2.42. The molecule has 0 unspecified atom stereocenters. The highest BCUT2D eigenvalue weighted by atomic mass is 35.5. The van der Waals surface area contributed by atoms with E-state index in [2.05, 4.69) is 5.32 Å². The lowest BCUT2D eigenvalue weighted by Gasteiger charge is -2.32. The first-order chi connectivity index (χ1) is 19.2. The molecule has 40 heavy (non-hydrogen) atoms. The number of nitrogens with one attached hydrogen (secondary N) is 1. The first kappa shape index (κ1) is 29.9. The van der Waals surface area contributed by atoms with Gasteiger partial charge in [0.15, 0.2) is 17.2 Å². The van der Waals surface area contributed by atoms with E-state index in [-0.39, 0.29) is 34.1 Å². The van der Waals surface area contributed by atoms with Gasteiger partial charge in [0, 0.05) is 24.8 Å². The summed E-state index contributed by atoms with van der Waals surface area (Å²) < 4.78 is 37.8. The van der Waals surface area contributed by atoms with Gasteiger partial charge in [-0.2, -0.15) is 0 Å². The number of carbonyl (C=O) groups is 2. The van der Waals surface area contributed by atoms with E-state index in [9.17, 15) is 23.1 Å². The molecule has 0 spiro atoms. The van der Waals surface area contributed by atoms with Crippen molar-refractivity contribution in [3.63, 3.8) is 0 Å². The largest absolute Gasteiger partial charge is 0.479 e. The van der Waals surface area contributed by atoms with Gasteiger partial charge in [-0.1, -0.05) is 61.0 Å². The van der Waals surface area contributed by atoms with Gasteiger partial charge in [-0.3, -0.25) is 0 Å². The van der Waals surface area contributed by atoms with Crippen LogP contribution in [0.15, 0.2) is 54.6 Å². The number of thiophene rings is 1. The van der Waals surface area contributed by atoms with Gasteiger partial charge < -0.3 is 19.9 Å². The number of anilines is 1. The smallest absolute Gasteiger partial charge is 0.349 e. The highest BCUT2D eigenvalue weighted by molar-refractivity contribution is 7.88. The van der Waals surface area contributed by atoms with Crippen LogP contribution in [-0.4, -0.2) is 62.1 Å². The maximum atomic E-state index is 12.9. The monoisotopic (exact) mass is 606 g/mol. The minimum atomic E-state index is -3.40. The number of ether oxygens (including phenoxy) is 2. The number of nitrogens with zero attached hydrogens (tertiary/aromatic N) is 1. The number of aromatic carboxylic acids is 1. The predicted octanol–water partition coefficient (Wildman–Crippen LogP) is 5.51. The summed E-state index contributed by atoms with van der Waals surface area (Å²) in [5.41, 5.74) is 2.26. The highest BCUT2D eigenvalue weighted by Gasteiger charge is 2.29. The maximum Gasteiger partial charge on any atom is 0.349 e. The summed E-state index contributed by atoms with van der Waals surface area (Å²) in [6.45, 7) is 2.51. The van der Waals surface area contributed by atoms with E-state index >= 15 is 0 Å². The third-order valence-corrected chi connectivity index (χ3v) is 9.87. The van der Waals surface area contributed by atoms with E-state index in [4.69, 9.17) is 21.1 Å². The van der Waals surface area contributed by atoms with Gasteiger partial charge in [-0.15, -0.1) is 11.3 Å². The van der Waals surface area contributed by atoms with Gasteiger partial charge >= 0.3 is 11.9 Å². The summed E-state index contributed by atoms with van der Waals surface area (Å²) in [6, 6.07) is 16.6. The Bertz CT molecular complexity index is 1440. The van der Waals surface area contributed by atoms with Crippen LogP contribution >= 0.6 is 22.9 Å². The van der Waals surface area contributed by atoms with Crippen molar-refractivity contribution in [1.29, 1.82) is 0 Å². The average Bonchev–Trinajstić information content (AvgIpc) is 3.27. The molecule has 0 radical (unpaired) electrons. The molecule has 1 aliphatic rings. The van der Waals surface area contributed by atoms with Crippen LogP contribution in [0.4, 0.5) is 5.69 Å². The van der Waals surface area contributed by atoms with Crippen LogP contribution in [0.3, 0.4) is 0 Å². The Hall–Kier alpha value is -3.12. The van der Waals surface area contributed by atoms with Crippen LogP contribution in [0.5, 0.6) is 5.75 Å². The third-order valence-electron chi connectivity index (χ3n) is 6.34. The van der Waals surface area contributed by atoms with Crippen molar-refractivity contribution in [2.75, 3.05) is 31.6 Å². The number of carbonyl (C=O) groups excluding carboxylic acids is 1. The fourth-order valence-electron chi connectivity index (χ4n) is 4.38. The molecular formula is C28H31ClN2O7S2. The molecule has 2 heterocycles. The van der Waals surface area contributed by atoms with Gasteiger partial charge in [0.25, 0.3) is 0 Å². The minimum Gasteiger partial charge on any atom is -0.479 e. The minimum absolute atomic E-state index is 0.0144. The molecule has 0 atom stereocenters. The van der Waals surface area contributed by atoms with E-state index < -0.39 is 28.6 Å². The zero-order valence-electron chi connectivity index (χ0n) is 22.0. The molecule has 2 N–H and O–H groups in total. The van der Waals surface area contributed by atoms with Crippen molar-refractivity contribution in [1.82, 2.24) is 4.31 Å². The van der Waals surface area contributed by atoms with E-state index in [0.29, 0.717) is 42.8 Å².